The van der Waals surface area contributed by atoms with Crippen molar-refractivity contribution < 1.29 is 9.59 Å². The highest BCUT2D eigenvalue weighted by molar-refractivity contribution is 7.10. The third kappa shape index (κ3) is 3.06. The number of carbonyl (C=O) groups excluding carboxylic acids is 2. The van der Waals surface area contributed by atoms with Crippen LogP contribution in [0.2, 0.25) is 0 Å². The average Bonchev–Trinajstić information content (AvgIpc) is 2.75. The molecule has 1 heterocycles. The largest absolute Gasteiger partial charge is 0.348 e. The summed E-state index contributed by atoms with van der Waals surface area (Å²) in [6.07, 6.45) is 3.21. The Balaban J connectivity index is 1.92. The molecule has 0 aromatic carbocycles. The van der Waals surface area contributed by atoms with Gasteiger partial charge in [0.05, 0.1) is 12.6 Å². The Morgan fingerprint density at radius 1 is 1.53 bits per heavy atom. The summed E-state index contributed by atoms with van der Waals surface area (Å²) in [5.74, 6) is -0.302. The topological polar surface area (TPSA) is 58.2 Å². The Kier molecular flexibility index (Phi) is 3.78. The van der Waals surface area contributed by atoms with Gasteiger partial charge in [-0.15, -0.1) is 11.3 Å². The van der Waals surface area contributed by atoms with Crippen LogP contribution < -0.4 is 10.6 Å². The molecule has 1 aliphatic rings. The molecule has 0 fully saturated rings. The molecule has 1 aliphatic carbocycles. The number of fused-ring (bicyclic) bond motifs is 1. The van der Waals surface area contributed by atoms with Crippen molar-refractivity contribution in [3.05, 3.63) is 21.9 Å². The van der Waals surface area contributed by atoms with Gasteiger partial charge in [-0.05, 0) is 36.3 Å². The van der Waals surface area contributed by atoms with Crippen LogP contribution in [0.3, 0.4) is 0 Å². The Hall–Kier alpha value is -1.36. The lowest BCUT2D eigenvalue weighted by Crippen LogP contribution is -2.38. The van der Waals surface area contributed by atoms with E-state index in [0.717, 1.165) is 19.3 Å². The zero-order chi connectivity index (χ0) is 12.3. The van der Waals surface area contributed by atoms with E-state index in [1.165, 1.54) is 17.4 Å². The van der Waals surface area contributed by atoms with E-state index in [0.29, 0.717) is 0 Å². The first kappa shape index (κ1) is 12.1. The quantitative estimate of drug-likeness (QED) is 0.854. The molecule has 2 N–H and O–H groups in total. The summed E-state index contributed by atoms with van der Waals surface area (Å²) in [5.41, 5.74) is 1.25. The summed E-state index contributed by atoms with van der Waals surface area (Å²) < 4.78 is 0. The van der Waals surface area contributed by atoms with E-state index >= 15 is 0 Å². The van der Waals surface area contributed by atoms with E-state index in [9.17, 15) is 9.59 Å². The maximum absolute atomic E-state index is 11.6. The number of amides is 2. The van der Waals surface area contributed by atoms with Crippen LogP contribution in [0.25, 0.3) is 0 Å². The molecule has 1 aromatic rings. The highest BCUT2D eigenvalue weighted by Crippen LogP contribution is 2.32. The second-order valence-corrected chi connectivity index (χ2v) is 5.22. The summed E-state index contributed by atoms with van der Waals surface area (Å²) in [6, 6.07) is 2.20. The number of rotatable bonds is 3. The van der Waals surface area contributed by atoms with Gasteiger partial charge in [-0.2, -0.15) is 0 Å². The lowest BCUT2D eigenvalue weighted by molar-refractivity contribution is -0.125. The Labute approximate surface area is 104 Å². The molecule has 0 bridgehead atoms. The molecule has 0 unspecified atom stereocenters. The van der Waals surface area contributed by atoms with E-state index in [1.807, 2.05) is 0 Å². The number of thiophene rings is 1. The van der Waals surface area contributed by atoms with Gasteiger partial charge in [-0.1, -0.05) is 0 Å². The van der Waals surface area contributed by atoms with E-state index < -0.39 is 0 Å². The van der Waals surface area contributed by atoms with Crippen LogP contribution >= 0.6 is 11.3 Å². The average molecular weight is 252 g/mol. The van der Waals surface area contributed by atoms with Gasteiger partial charge in [-0.25, -0.2) is 0 Å². The van der Waals surface area contributed by atoms with Crippen molar-refractivity contribution in [2.75, 3.05) is 6.54 Å². The molecule has 1 aromatic heterocycles. The SMILES string of the molecule is CC(=O)NCC(=O)N[C@@H]1CCCc2sccc21. The first-order chi connectivity index (χ1) is 8.16. The minimum absolute atomic E-state index is 0.0608. The van der Waals surface area contributed by atoms with Crippen molar-refractivity contribution in [2.45, 2.75) is 32.2 Å². The van der Waals surface area contributed by atoms with Crippen LogP contribution in [-0.2, 0) is 16.0 Å². The zero-order valence-electron chi connectivity index (χ0n) is 9.79. The molecule has 17 heavy (non-hydrogen) atoms. The second kappa shape index (κ2) is 5.31. The fraction of sp³-hybridized carbons (Fsp3) is 0.500. The van der Waals surface area contributed by atoms with Gasteiger partial charge in [-0.3, -0.25) is 9.59 Å². The first-order valence-corrected chi connectivity index (χ1v) is 6.65. The van der Waals surface area contributed by atoms with E-state index in [4.69, 9.17) is 0 Å². The fourth-order valence-electron chi connectivity index (χ4n) is 2.09. The fourth-order valence-corrected chi connectivity index (χ4v) is 3.07. The minimum atomic E-state index is -0.181. The van der Waals surface area contributed by atoms with Crippen LogP contribution in [-0.4, -0.2) is 18.4 Å². The van der Waals surface area contributed by atoms with Crippen molar-refractivity contribution in [3.63, 3.8) is 0 Å². The van der Waals surface area contributed by atoms with Crippen LogP contribution in [0.15, 0.2) is 11.4 Å². The molecular formula is C12H16N2O2S. The van der Waals surface area contributed by atoms with Gasteiger partial charge < -0.3 is 10.6 Å². The van der Waals surface area contributed by atoms with E-state index in [1.54, 1.807) is 11.3 Å². The number of nitrogens with one attached hydrogen (secondary N) is 2. The summed E-state index contributed by atoms with van der Waals surface area (Å²) >= 11 is 1.75. The van der Waals surface area contributed by atoms with Crippen LogP contribution in [0, 0.1) is 0 Å². The molecular weight excluding hydrogens is 236 g/mol. The van der Waals surface area contributed by atoms with Gasteiger partial charge >= 0.3 is 0 Å². The smallest absolute Gasteiger partial charge is 0.239 e. The highest BCUT2D eigenvalue weighted by atomic mass is 32.1. The van der Waals surface area contributed by atoms with Gasteiger partial charge in [0.2, 0.25) is 11.8 Å². The monoisotopic (exact) mass is 252 g/mol. The summed E-state index contributed by atoms with van der Waals surface area (Å²) in [7, 11) is 0. The van der Waals surface area contributed by atoms with Crippen LogP contribution in [0.4, 0.5) is 0 Å². The minimum Gasteiger partial charge on any atom is -0.348 e. The number of hydrogen-bond donors (Lipinski definition) is 2. The third-order valence-corrected chi connectivity index (χ3v) is 3.88. The lowest BCUT2D eigenvalue weighted by Gasteiger charge is -2.23. The maximum Gasteiger partial charge on any atom is 0.239 e. The molecule has 0 saturated carbocycles. The molecule has 2 amide bonds. The predicted molar refractivity (Wildman–Crippen MR) is 66.8 cm³/mol. The number of aryl methyl sites for hydroxylation is 1. The van der Waals surface area contributed by atoms with Crippen molar-refractivity contribution in [1.29, 1.82) is 0 Å². The molecule has 1 atom stereocenters. The first-order valence-electron chi connectivity index (χ1n) is 5.77. The van der Waals surface area contributed by atoms with Gasteiger partial charge in [0.15, 0.2) is 0 Å². The standard InChI is InChI=1S/C12H16N2O2S/c1-8(15)13-7-12(16)14-10-3-2-4-11-9(10)5-6-17-11/h5-6,10H,2-4,7H2,1H3,(H,13,15)(H,14,16)/t10-/m1/s1. The molecule has 0 radical (unpaired) electrons. The summed E-state index contributed by atoms with van der Waals surface area (Å²) in [4.78, 5) is 23.7. The molecule has 5 heteroatoms. The molecule has 92 valence electrons. The molecule has 2 rings (SSSR count). The van der Waals surface area contributed by atoms with E-state index in [2.05, 4.69) is 22.1 Å². The van der Waals surface area contributed by atoms with Crippen molar-refractivity contribution in [2.24, 2.45) is 0 Å². The van der Waals surface area contributed by atoms with Gasteiger partial charge in [0.1, 0.15) is 0 Å². The molecule has 4 nitrogen and oxygen atoms in total. The second-order valence-electron chi connectivity index (χ2n) is 4.22. The van der Waals surface area contributed by atoms with Crippen LogP contribution in [0.1, 0.15) is 36.2 Å². The van der Waals surface area contributed by atoms with Gasteiger partial charge in [0.25, 0.3) is 0 Å². The predicted octanol–water partition coefficient (Wildman–Crippen LogP) is 1.38. The highest BCUT2D eigenvalue weighted by Gasteiger charge is 2.22. The third-order valence-electron chi connectivity index (χ3n) is 2.89. The Morgan fingerprint density at radius 2 is 2.35 bits per heavy atom. The number of carbonyl (C=O) groups is 2. The van der Waals surface area contributed by atoms with Crippen LogP contribution in [0.5, 0.6) is 0 Å². The Bertz CT molecular complexity index is 428. The van der Waals surface area contributed by atoms with Gasteiger partial charge in [0, 0.05) is 11.8 Å². The lowest BCUT2D eigenvalue weighted by atomic mass is 9.94. The molecule has 0 spiro atoms. The van der Waals surface area contributed by atoms with Crippen molar-refractivity contribution in [3.8, 4) is 0 Å². The van der Waals surface area contributed by atoms with E-state index in [-0.39, 0.29) is 24.4 Å². The Morgan fingerprint density at radius 3 is 3.12 bits per heavy atom. The summed E-state index contributed by atoms with van der Waals surface area (Å²) in [5, 5.41) is 7.55. The zero-order valence-corrected chi connectivity index (χ0v) is 10.6. The number of hydrogen-bond acceptors (Lipinski definition) is 3. The van der Waals surface area contributed by atoms with Crippen molar-refractivity contribution >= 4 is 23.2 Å². The van der Waals surface area contributed by atoms with Crippen molar-refractivity contribution in [1.82, 2.24) is 10.6 Å². The summed E-state index contributed by atoms with van der Waals surface area (Å²) in [6.45, 7) is 1.47. The maximum atomic E-state index is 11.6. The normalized spacial score (nSPS) is 18.3. The molecule has 0 saturated heterocycles. The molecule has 0 aliphatic heterocycles.